The smallest absolute Gasteiger partial charge is 0.0772 e. The highest BCUT2D eigenvalue weighted by molar-refractivity contribution is 7.99. The third kappa shape index (κ3) is 18.9. The van der Waals surface area contributed by atoms with Crippen molar-refractivity contribution in [3.63, 3.8) is 0 Å². The fourth-order valence-electron chi connectivity index (χ4n) is 6.49. The molecule has 1 aliphatic heterocycles. The molecule has 0 aromatic heterocycles. The fourth-order valence-corrected chi connectivity index (χ4v) is 7.56. The van der Waals surface area contributed by atoms with Crippen molar-refractivity contribution in [1.29, 1.82) is 0 Å². The second kappa shape index (κ2) is 29.5. The normalized spacial score (nSPS) is 14.6. The van der Waals surface area contributed by atoms with E-state index < -0.39 is 0 Å². The summed E-state index contributed by atoms with van der Waals surface area (Å²) in [4.78, 5) is 9.41. The summed E-state index contributed by atoms with van der Waals surface area (Å²) >= 11 is 1.79. The maximum absolute atomic E-state index is 5.36. The minimum Gasteiger partial charge on any atom is -0.381 e. The van der Waals surface area contributed by atoms with Crippen molar-refractivity contribution in [3.8, 4) is 0 Å². The lowest BCUT2D eigenvalue weighted by Crippen LogP contribution is -2.13. The van der Waals surface area contributed by atoms with Gasteiger partial charge in [-0.2, -0.15) is 0 Å². The summed E-state index contributed by atoms with van der Waals surface area (Å²) in [5, 5.41) is 0. The molecule has 4 heteroatoms. The highest BCUT2D eigenvalue weighted by Crippen LogP contribution is 2.61. The molecule has 0 radical (unpaired) electrons. The highest BCUT2D eigenvalue weighted by atomic mass is 32.2. The summed E-state index contributed by atoms with van der Waals surface area (Å²) in [6.07, 6.45) is 27.9. The molecular formula is C54H78N2OS. The van der Waals surface area contributed by atoms with Crippen molar-refractivity contribution in [2.75, 3.05) is 33.9 Å². The summed E-state index contributed by atoms with van der Waals surface area (Å²) in [6, 6.07) is 23.1. The minimum atomic E-state index is 0.667. The predicted molar refractivity (Wildman–Crippen MR) is 261 cm³/mol. The Balaban J connectivity index is 0.000000265. The number of rotatable bonds is 17. The molecule has 0 N–H and O–H groups in total. The maximum Gasteiger partial charge on any atom is 0.0772 e. The number of para-hydroxylation sites is 1. The van der Waals surface area contributed by atoms with E-state index >= 15 is 0 Å². The van der Waals surface area contributed by atoms with Gasteiger partial charge in [0.05, 0.1) is 5.69 Å². The lowest BCUT2D eigenvalue weighted by atomic mass is 9.92. The zero-order valence-corrected chi connectivity index (χ0v) is 38.6. The number of allylic oxidation sites excluding steroid dienone is 5. The second-order valence-corrected chi connectivity index (χ2v) is 16.8. The number of ether oxygens (including phenoxy) is 1. The van der Waals surface area contributed by atoms with Gasteiger partial charge in [0.2, 0.25) is 0 Å². The first-order valence-corrected chi connectivity index (χ1v) is 22.9. The third-order valence-electron chi connectivity index (χ3n) is 10.5. The van der Waals surface area contributed by atoms with Gasteiger partial charge in [0.1, 0.15) is 0 Å². The average Bonchev–Trinajstić information content (AvgIpc) is 4.17. The van der Waals surface area contributed by atoms with Crippen molar-refractivity contribution in [1.82, 2.24) is 4.90 Å². The molecule has 316 valence electrons. The Morgan fingerprint density at radius 3 is 2.07 bits per heavy atom. The fraction of sp³-hybridized carbons (Fsp3) is 0.463. The SMILES string of the molecule is C=CC1(C2CC2)CC1.C=CCC/C=C/CCCOCCC.C=Cc1cccc(C)c1/C(=C\C)CCN(C)C.CC1=Nc2ccccc2Sc2ccccc21.CCCC. The Morgan fingerprint density at radius 1 is 0.828 bits per heavy atom. The first-order chi connectivity index (χ1) is 28.1. The van der Waals surface area contributed by atoms with Crippen LogP contribution in [0.1, 0.15) is 134 Å². The summed E-state index contributed by atoms with van der Waals surface area (Å²) in [6.45, 7) is 27.2. The number of fused-ring (bicyclic) bond motifs is 2. The van der Waals surface area contributed by atoms with Crippen molar-refractivity contribution >= 4 is 34.8 Å². The van der Waals surface area contributed by atoms with Crippen LogP contribution < -0.4 is 0 Å². The van der Waals surface area contributed by atoms with Gasteiger partial charge in [-0.25, -0.2) is 0 Å². The van der Waals surface area contributed by atoms with Crippen LogP contribution in [0, 0.1) is 18.3 Å². The molecule has 0 saturated heterocycles. The van der Waals surface area contributed by atoms with E-state index in [2.05, 4.69) is 170 Å². The molecular weight excluding hydrogens is 725 g/mol. The first-order valence-electron chi connectivity index (χ1n) is 22.1. The van der Waals surface area contributed by atoms with Crippen LogP contribution in [0.25, 0.3) is 11.6 Å². The van der Waals surface area contributed by atoms with E-state index in [1.165, 1.54) is 76.1 Å². The third-order valence-corrected chi connectivity index (χ3v) is 11.7. The van der Waals surface area contributed by atoms with Gasteiger partial charge in [0.15, 0.2) is 0 Å². The monoisotopic (exact) mass is 803 g/mol. The van der Waals surface area contributed by atoms with Crippen LogP contribution in [0.2, 0.25) is 0 Å². The largest absolute Gasteiger partial charge is 0.381 e. The summed E-state index contributed by atoms with van der Waals surface area (Å²) in [7, 11) is 4.22. The van der Waals surface area contributed by atoms with E-state index in [0.29, 0.717) is 5.41 Å². The summed E-state index contributed by atoms with van der Waals surface area (Å²) < 4.78 is 5.36. The molecule has 2 aliphatic carbocycles. The van der Waals surface area contributed by atoms with E-state index in [0.717, 1.165) is 75.6 Å². The van der Waals surface area contributed by atoms with Gasteiger partial charge in [-0.15, -0.1) is 13.2 Å². The van der Waals surface area contributed by atoms with Gasteiger partial charge < -0.3 is 9.64 Å². The Labute approximate surface area is 360 Å². The molecule has 2 fully saturated rings. The molecule has 6 rings (SSSR count). The highest BCUT2D eigenvalue weighted by Gasteiger charge is 2.51. The maximum atomic E-state index is 5.36. The molecule has 0 unspecified atom stereocenters. The lowest BCUT2D eigenvalue weighted by Gasteiger charge is -2.16. The summed E-state index contributed by atoms with van der Waals surface area (Å²) in [5.74, 6) is 1.06. The second-order valence-electron chi connectivity index (χ2n) is 15.7. The molecule has 1 heterocycles. The zero-order valence-electron chi connectivity index (χ0n) is 37.8. The van der Waals surface area contributed by atoms with Gasteiger partial charge >= 0.3 is 0 Å². The molecule has 0 atom stereocenters. The molecule has 2 saturated carbocycles. The lowest BCUT2D eigenvalue weighted by molar-refractivity contribution is 0.133. The number of nitrogens with zero attached hydrogens (tertiary/aromatic N) is 2. The van der Waals surface area contributed by atoms with Crippen LogP contribution in [0.3, 0.4) is 0 Å². The molecule has 0 amide bonds. The number of hydrogen-bond acceptors (Lipinski definition) is 4. The van der Waals surface area contributed by atoms with Gasteiger partial charge in [-0.1, -0.05) is 137 Å². The van der Waals surface area contributed by atoms with Crippen molar-refractivity contribution in [2.45, 2.75) is 128 Å². The quantitative estimate of drug-likeness (QED) is 0.100. The van der Waals surface area contributed by atoms with Crippen LogP contribution in [-0.4, -0.2) is 44.5 Å². The van der Waals surface area contributed by atoms with Crippen LogP contribution in [0.15, 0.2) is 132 Å². The van der Waals surface area contributed by atoms with Crippen LogP contribution in [0.5, 0.6) is 0 Å². The Bertz CT molecular complexity index is 1720. The molecule has 58 heavy (non-hydrogen) atoms. The average molecular weight is 803 g/mol. The zero-order chi connectivity index (χ0) is 42.6. The van der Waals surface area contributed by atoms with Crippen LogP contribution >= 0.6 is 11.8 Å². The Hall–Kier alpha value is -3.70. The van der Waals surface area contributed by atoms with Gasteiger partial charge in [-0.3, -0.25) is 4.99 Å². The molecule has 3 aromatic rings. The van der Waals surface area contributed by atoms with Crippen LogP contribution in [0.4, 0.5) is 5.69 Å². The number of hydrogen-bond donors (Lipinski definition) is 0. The molecule has 0 spiro atoms. The predicted octanol–water partition coefficient (Wildman–Crippen LogP) is 16.2. The number of aliphatic imine (C=N–C) groups is 1. The molecule has 3 aromatic carbocycles. The first kappa shape index (κ1) is 50.4. The van der Waals surface area contributed by atoms with Crippen molar-refractivity contribution < 1.29 is 4.74 Å². The van der Waals surface area contributed by atoms with Crippen molar-refractivity contribution in [3.05, 3.63) is 139 Å². The van der Waals surface area contributed by atoms with E-state index in [9.17, 15) is 0 Å². The van der Waals surface area contributed by atoms with E-state index in [4.69, 9.17) is 4.74 Å². The van der Waals surface area contributed by atoms with Gasteiger partial charge in [0, 0.05) is 40.8 Å². The summed E-state index contributed by atoms with van der Waals surface area (Å²) in [5.41, 5.74) is 9.39. The molecule has 0 bridgehead atoms. The van der Waals surface area contributed by atoms with E-state index in [-0.39, 0.29) is 0 Å². The number of benzene rings is 3. The molecule has 3 aliphatic rings. The Morgan fingerprint density at radius 2 is 1.50 bits per heavy atom. The standard InChI is InChI=1S/C16H23N.C14H11NS.C12H22O.C8H12.C4H10/c1-6-14-10-8-9-13(3)16(14)15(7-2)11-12-17(4)5;1-10-11-6-2-4-8-13(11)16-14-9-5-3-7-12(14)15-10;1-3-5-6-7-8-9-10-12-13-11-4-2;1-2-8(5-6-8)7-3-4-7;1-3-4-2/h6-10H,1,11-12H2,2-5H3;2-9H,1H3;3,7-8H,1,4-6,9-12H2,2H3;2,7H,1,3-6H2;3-4H2,1-2H3/b15-7-;;8-7+;;. The van der Waals surface area contributed by atoms with E-state index in [1.54, 1.807) is 11.8 Å². The van der Waals surface area contributed by atoms with Crippen molar-refractivity contribution in [2.24, 2.45) is 16.3 Å². The number of unbranched alkanes of at least 4 members (excludes halogenated alkanes) is 3. The van der Waals surface area contributed by atoms with Gasteiger partial charge in [0.25, 0.3) is 0 Å². The van der Waals surface area contributed by atoms with Crippen LogP contribution in [-0.2, 0) is 4.74 Å². The number of aryl methyl sites for hydroxylation is 1. The van der Waals surface area contributed by atoms with E-state index in [1.807, 2.05) is 18.2 Å². The Kier molecular flexibility index (Phi) is 25.7. The minimum absolute atomic E-state index is 0.667. The molecule has 3 nitrogen and oxygen atoms in total. The topological polar surface area (TPSA) is 24.8 Å². The van der Waals surface area contributed by atoms with Gasteiger partial charge in [-0.05, 0) is 151 Å².